The van der Waals surface area contributed by atoms with E-state index >= 15 is 0 Å². The van der Waals surface area contributed by atoms with Crippen molar-refractivity contribution >= 4 is 6.16 Å². The number of rotatable bonds is 10. The monoisotopic (exact) mass is 362 g/mol. The average Bonchev–Trinajstić information content (AvgIpc) is 2.54. The van der Waals surface area contributed by atoms with Crippen LogP contribution in [0.25, 0.3) is 0 Å². The minimum Gasteiger partial charge on any atom is -0.433 e. The number of hydrogen-bond acceptors (Lipinski definition) is 5. The van der Waals surface area contributed by atoms with Crippen molar-refractivity contribution in [2.45, 2.75) is 78.3 Å². The Labute approximate surface area is 158 Å². The van der Waals surface area contributed by atoms with Crippen molar-refractivity contribution in [2.24, 2.45) is 5.92 Å². The third-order valence-corrected chi connectivity index (χ3v) is 5.18. The molecule has 1 saturated carbocycles. The standard InChI is InChI=1S/C21H34N2O3/c1-16(2)23(17(3)4)13-14-25-21(24)26-20-12-11-19(15-22-20)10-6-9-18-7-5-8-18/h11-12,15-18H,5-10,13-14H2,1-4H3. The third-order valence-electron chi connectivity index (χ3n) is 5.18. The highest BCUT2D eigenvalue weighted by atomic mass is 16.7. The molecule has 0 amide bonds. The van der Waals surface area contributed by atoms with Crippen LogP contribution >= 0.6 is 0 Å². The molecular formula is C21H34N2O3. The first-order valence-corrected chi connectivity index (χ1v) is 10.0. The SMILES string of the molecule is CC(C)N(CCOC(=O)Oc1ccc(CCCC2CCC2)cn1)C(C)C. The van der Waals surface area contributed by atoms with Gasteiger partial charge >= 0.3 is 6.16 Å². The number of pyridine rings is 1. The fourth-order valence-electron chi connectivity index (χ4n) is 3.46. The molecule has 5 nitrogen and oxygen atoms in total. The Bertz CT molecular complexity index is 531. The van der Waals surface area contributed by atoms with Crippen molar-refractivity contribution in [1.29, 1.82) is 0 Å². The van der Waals surface area contributed by atoms with E-state index in [0.29, 0.717) is 31.1 Å². The summed E-state index contributed by atoms with van der Waals surface area (Å²) >= 11 is 0. The Morgan fingerprint density at radius 2 is 1.96 bits per heavy atom. The van der Waals surface area contributed by atoms with Gasteiger partial charge in [-0.15, -0.1) is 0 Å². The number of nitrogens with zero attached hydrogens (tertiary/aromatic N) is 2. The first-order valence-electron chi connectivity index (χ1n) is 10.0. The molecule has 1 heterocycles. The minimum absolute atomic E-state index is 0.294. The van der Waals surface area contributed by atoms with E-state index in [0.717, 1.165) is 12.3 Å². The lowest BCUT2D eigenvalue weighted by molar-refractivity contribution is 0.0726. The summed E-state index contributed by atoms with van der Waals surface area (Å²) in [6.45, 7) is 9.55. The van der Waals surface area contributed by atoms with E-state index in [-0.39, 0.29) is 0 Å². The lowest BCUT2D eigenvalue weighted by atomic mass is 9.81. The topological polar surface area (TPSA) is 51.7 Å². The molecule has 1 aliphatic carbocycles. The molecule has 0 spiro atoms. The van der Waals surface area contributed by atoms with E-state index in [2.05, 4.69) is 37.6 Å². The molecule has 146 valence electrons. The molecule has 1 aromatic heterocycles. The Morgan fingerprint density at radius 1 is 1.23 bits per heavy atom. The molecule has 26 heavy (non-hydrogen) atoms. The predicted octanol–water partition coefficient (Wildman–Crippen LogP) is 4.84. The predicted molar refractivity (Wildman–Crippen MR) is 103 cm³/mol. The van der Waals surface area contributed by atoms with E-state index in [4.69, 9.17) is 9.47 Å². The summed E-state index contributed by atoms with van der Waals surface area (Å²) in [4.78, 5) is 18.3. The largest absolute Gasteiger partial charge is 0.515 e. The van der Waals surface area contributed by atoms with Crippen LogP contribution in [0.15, 0.2) is 18.3 Å². The molecule has 0 unspecified atom stereocenters. The molecular weight excluding hydrogens is 328 g/mol. The molecule has 0 bridgehead atoms. The van der Waals surface area contributed by atoms with E-state index in [9.17, 15) is 4.79 Å². The van der Waals surface area contributed by atoms with Gasteiger partial charge in [0.05, 0.1) is 0 Å². The second-order valence-corrected chi connectivity index (χ2v) is 7.82. The number of aryl methyl sites for hydroxylation is 1. The fraction of sp³-hybridized carbons (Fsp3) is 0.714. The normalized spacial score (nSPS) is 14.7. The highest BCUT2D eigenvalue weighted by Crippen LogP contribution is 2.30. The summed E-state index contributed by atoms with van der Waals surface area (Å²) in [7, 11) is 0. The molecule has 0 atom stereocenters. The van der Waals surface area contributed by atoms with Crippen molar-refractivity contribution in [1.82, 2.24) is 9.88 Å². The first-order chi connectivity index (χ1) is 12.5. The quantitative estimate of drug-likeness (QED) is 0.558. The van der Waals surface area contributed by atoms with E-state index in [1.54, 1.807) is 12.3 Å². The van der Waals surface area contributed by atoms with Gasteiger partial charge in [-0.25, -0.2) is 9.78 Å². The molecule has 1 aliphatic rings. The smallest absolute Gasteiger partial charge is 0.433 e. The number of aromatic nitrogens is 1. The fourth-order valence-corrected chi connectivity index (χ4v) is 3.46. The molecule has 2 rings (SSSR count). The van der Waals surface area contributed by atoms with Gasteiger partial charge in [-0.1, -0.05) is 31.7 Å². The lowest BCUT2D eigenvalue weighted by Gasteiger charge is -2.29. The van der Waals surface area contributed by atoms with Crippen LogP contribution in [-0.2, 0) is 11.2 Å². The highest BCUT2D eigenvalue weighted by molar-refractivity contribution is 5.62. The summed E-state index contributed by atoms with van der Waals surface area (Å²) in [5, 5.41) is 0. The molecule has 0 radical (unpaired) electrons. The van der Waals surface area contributed by atoms with Crippen molar-refractivity contribution in [3.8, 4) is 5.88 Å². The van der Waals surface area contributed by atoms with E-state index < -0.39 is 6.16 Å². The van der Waals surface area contributed by atoms with Gasteiger partial charge in [-0.05, 0) is 52.0 Å². The van der Waals surface area contributed by atoms with Crippen LogP contribution in [-0.4, -0.2) is 41.3 Å². The summed E-state index contributed by atoms with van der Waals surface area (Å²) in [6.07, 6.45) is 8.87. The molecule has 0 saturated heterocycles. The Morgan fingerprint density at radius 3 is 2.50 bits per heavy atom. The maximum absolute atomic E-state index is 11.8. The second kappa shape index (κ2) is 10.5. The maximum atomic E-state index is 11.8. The number of hydrogen-bond donors (Lipinski definition) is 0. The summed E-state index contributed by atoms with van der Waals surface area (Å²) in [5.41, 5.74) is 1.19. The molecule has 1 aromatic rings. The number of carbonyl (C=O) groups excluding carboxylic acids is 1. The summed E-state index contributed by atoms with van der Waals surface area (Å²) in [5.74, 6) is 1.24. The minimum atomic E-state index is -0.692. The van der Waals surface area contributed by atoms with Gasteiger partial charge in [0.2, 0.25) is 5.88 Å². The van der Waals surface area contributed by atoms with Crippen molar-refractivity contribution in [3.05, 3.63) is 23.9 Å². The Balaban J connectivity index is 1.66. The van der Waals surface area contributed by atoms with Crippen LogP contribution in [0.4, 0.5) is 4.79 Å². The molecule has 5 heteroatoms. The van der Waals surface area contributed by atoms with Gasteiger partial charge in [0, 0.05) is 30.9 Å². The van der Waals surface area contributed by atoms with Crippen LogP contribution in [0.3, 0.4) is 0 Å². The number of ether oxygens (including phenoxy) is 2. The zero-order valence-corrected chi connectivity index (χ0v) is 16.7. The summed E-state index contributed by atoms with van der Waals surface area (Å²) in [6, 6.07) is 4.55. The van der Waals surface area contributed by atoms with Gasteiger partial charge in [0.15, 0.2) is 0 Å². The Kier molecular flexibility index (Phi) is 8.36. The van der Waals surface area contributed by atoms with E-state index in [1.807, 2.05) is 6.07 Å². The zero-order chi connectivity index (χ0) is 18.9. The van der Waals surface area contributed by atoms with Gasteiger partial charge in [0.25, 0.3) is 0 Å². The molecule has 0 aromatic carbocycles. The van der Waals surface area contributed by atoms with Crippen molar-refractivity contribution < 1.29 is 14.3 Å². The lowest BCUT2D eigenvalue weighted by Crippen LogP contribution is -2.39. The summed E-state index contributed by atoms with van der Waals surface area (Å²) < 4.78 is 10.3. The van der Waals surface area contributed by atoms with Crippen molar-refractivity contribution in [2.75, 3.05) is 13.2 Å². The van der Waals surface area contributed by atoms with Crippen LogP contribution in [0, 0.1) is 5.92 Å². The second-order valence-electron chi connectivity index (χ2n) is 7.82. The molecule has 1 fully saturated rings. The van der Waals surface area contributed by atoms with E-state index in [1.165, 1.54) is 37.7 Å². The Hall–Kier alpha value is -1.62. The molecule has 0 aliphatic heterocycles. The van der Waals surface area contributed by atoms with Crippen LogP contribution in [0.2, 0.25) is 0 Å². The maximum Gasteiger partial charge on any atom is 0.515 e. The molecule has 0 N–H and O–H groups in total. The third kappa shape index (κ3) is 6.94. The van der Waals surface area contributed by atoms with Crippen LogP contribution in [0.1, 0.15) is 65.4 Å². The average molecular weight is 363 g/mol. The van der Waals surface area contributed by atoms with Gasteiger partial charge in [-0.3, -0.25) is 4.90 Å². The first kappa shape index (κ1) is 20.7. The van der Waals surface area contributed by atoms with Crippen molar-refractivity contribution in [3.63, 3.8) is 0 Å². The number of carbonyl (C=O) groups is 1. The highest BCUT2D eigenvalue weighted by Gasteiger charge is 2.17. The zero-order valence-electron chi connectivity index (χ0n) is 16.7. The van der Waals surface area contributed by atoms with Gasteiger partial charge < -0.3 is 9.47 Å². The van der Waals surface area contributed by atoms with Crippen LogP contribution < -0.4 is 4.74 Å². The van der Waals surface area contributed by atoms with Crippen LogP contribution in [0.5, 0.6) is 5.88 Å². The van der Waals surface area contributed by atoms with Gasteiger partial charge in [0.1, 0.15) is 6.61 Å². The van der Waals surface area contributed by atoms with Gasteiger partial charge in [-0.2, -0.15) is 0 Å².